The van der Waals surface area contributed by atoms with Crippen LogP contribution < -0.4 is 10.6 Å². The van der Waals surface area contributed by atoms with Gasteiger partial charge in [0.1, 0.15) is 0 Å². The van der Waals surface area contributed by atoms with Crippen molar-refractivity contribution in [2.24, 2.45) is 0 Å². The largest absolute Gasteiger partial charge is 0.465 e. The Balaban J connectivity index is 1.83. The Kier molecular flexibility index (Phi) is 5.30. The Bertz CT molecular complexity index is 501. The quantitative estimate of drug-likeness (QED) is 0.771. The molecular weight excluding hydrogens is 272 g/mol. The van der Waals surface area contributed by atoms with E-state index in [0.717, 1.165) is 5.56 Å². The first-order chi connectivity index (χ1) is 10.1. The van der Waals surface area contributed by atoms with Crippen molar-refractivity contribution >= 4 is 11.9 Å². The summed E-state index contributed by atoms with van der Waals surface area (Å²) in [7, 11) is 2.99. The van der Waals surface area contributed by atoms with E-state index in [1.165, 1.54) is 7.11 Å². The molecule has 1 heterocycles. The van der Waals surface area contributed by atoms with Gasteiger partial charge >= 0.3 is 5.97 Å². The first kappa shape index (κ1) is 15.5. The van der Waals surface area contributed by atoms with Gasteiger partial charge in [-0.3, -0.25) is 4.79 Å². The molecule has 2 unspecified atom stereocenters. The SMILES string of the molecule is COC(=O)c1ccc(CNC(=O)C2CC(OC)CN2)cc1. The Labute approximate surface area is 123 Å². The molecule has 0 radical (unpaired) electrons. The van der Waals surface area contributed by atoms with Crippen LogP contribution in [0.1, 0.15) is 22.3 Å². The van der Waals surface area contributed by atoms with Gasteiger partial charge in [-0.2, -0.15) is 0 Å². The minimum Gasteiger partial charge on any atom is -0.465 e. The average molecular weight is 292 g/mol. The van der Waals surface area contributed by atoms with Gasteiger partial charge in [-0.05, 0) is 24.1 Å². The summed E-state index contributed by atoms with van der Waals surface area (Å²) in [5, 5.41) is 6.00. The highest BCUT2D eigenvalue weighted by Gasteiger charge is 2.28. The van der Waals surface area contributed by atoms with E-state index in [2.05, 4.69) is 15.4 Å². The van der Waals surface area contributed by atoms with E-state index >= 15 is 0 Å². The molecular formula is C15H20N2O4. The second kappa shape index (κ2) is 7.19. The smallest absolute Gasteiger partial charge is 0.337 e. The highest BCUT2D eigenvalue weighted by molar-refractivity contribution is 5.89. The summed E-state index contributed by atoms with van der Waals surface area (Å²) in [6, 6.07) is 6.76. The van der Waals surface area contributed by atoms with Crippen LogP contribution in [0.15, 0.2) is 24.3 Å². The van der Waals surface area contributed by atoms with Crippen LogP contribution in [0.3, 0.4) is 0 Å². The molecule has 1 aliphatic rings. The van der Waals surface area contributed by atoms with E-state index < -0.39 is 0 Å². The Morgan fingerprint density at radius 3 is 2.57 bits per heavy atom. The molecule has 0 spiro atoms. The van der Waals surface area contributed by atoms with Crippen LogP contribution in [0, 0.1) is 0 Å². The maximum atomic E-state index is 12.0. The zero-order valence-electron chi connectivity index (χ0n) is 12.2. The van der Waals surface area contributed by atoms with Crippen LogP contribution in [0.5, 0.6) is 0 Å². The summed E-state index contributed by atoms with van der Waals surface area (Å²) in [5.74, 6) is -0.405. The van der Waals surface area contributed by atoms with Crippen molar-refractivity contribution in [3.8, 4) is 0 Å². The molecule has 1 aromatic rings. The van der Waals surface area contributed by atoms with Crippen molar-refractivity contribution in [1.82, 2.24) is 10.6 Å². The van der Waals surface area contributed by atoms with Crippen LogP contribution in [-0.2, 0) is 20.8 Å². The third-order valence-electron chi connectivity index (χ3n) is 3.58. The van der Waals surface area contributed by atoms with Gasteiger partial charge in [0.15, 0.2) is 0 Å². The summed E-state index contributed by atoms with van der Waals surface area (Å²) < 4.78 is 9.85. The number of amides is 1. The Morgan fingerprint density at radius 1 is 1.29 bits per heavy atom. The minimum atomic E-state index is -0.369. The van der Waals surface area contributed by atoms with Gasteiger partial charge in [0.05, 0.1) is 24.8 Å². The molecule has 6 heteroatoms. The Hall–Kier alpha value is -1.92. The summed E-state index contributed by atoms with van der Waals surface area (Å²) in [4.78, 5) is 23.3. The second-order valence-electron chi connectivity index (χ2n) is 4.96. The van der Waals surface area contributed by atoms with Gasteiger partial charge in [-0.15, -0.1) is 0 Å². The number of ether oxygens (including phenoxy) is 2. The lowest BCUT2D eigenvalue weighted by Gasteiger charge is -2.11. The van der Waals surface area contributed by atoms with Crippen LogP contribution in [0.25, 0.3) is 0 Å². The average Bonchev–Trinajstić information content (AvgIpc) is 3.01. The third kappa shape index (κ3) is 4.03. The van der Waals surface area contributed by atoms with Crippen LogP contribution in [0.2, 0.25) is 0 Å². The molecule has 6 nitrogen and oxygen atoms in total. The van der Waals surface area contributed by atoms with E-state index in [0.29, 0.717) is 25.1 Å². The maximum absolute atomic E-state index is 12.0. The molecule has 2 atom stereocenters. The van der Waals surface area contributed by atoms with Gasteiger partial charge < -0.3 is 20.1 Å². The van der Waals surface area contributed by atoms with E-state index in [-0.39, 0.29) is 24.0 Å². The number of carbonyl (C=O) groups excluding carboxylic acids is 2. The van der Waals surface area contributed by atoms with Crippen LogP contribution >= 0.6 is 0 Å². The fourth-order valence-electron chi connectivity index (χ4n) is 2.27. The molecule has 1 saturated heterocycles. The van der Waals surface area contributed by atoms with Crippen LogP contribution in [-0.4, -0.2) is 44.8 Å². The van der Waals surface area contributed by atoms with Gasteiger partial charge in [0.2, 0.25) is 5.91 Å². The number of benzene rings is 1. The summed E-state index contributed by atoms with van der Waals surface area (Å²) in [6.45, 7) is 1.12. The monoisotopic (exact) mass is 292 g/mol. The summed E-state index contributed by atoms with van der Waals surface area (Å²) in [5.41, 5.74) is 1.42. The molecule has 0 aromatic heterocycles. The number of rotatable bonds is 5. The molecule has 0 saturated carbocycles. The fourth-order valence-corrected chi connectivity index (χ4v) is 2.27. The number of hydrogen-bond donors (Lipinski definition) is 2. The lowest BCUT2D eigenvalue weighted by Crippen LogP contribution is -2.40. The lowest BCUT2D eigenvalue weighted by atomic mass is 10.1. The minimum absolute atomic E-state index is 0.0356. The third-order valence-corrected chi connectivity index (χ3v) is 3.58. The molecule has 21 heavy (non-hydrogen) atoms. The molecule has 2 N–H and O–H groups in total. The van der Waals surface area contributed by atoms with Crippen LogP contribution in [0.4, 0.5) is 0 Å². The number of hydrogen-bond acceptors (Lipinski definition) is 5. The molecule has 1 aromatic carbocycles. The molecule has 2 rings (SSSR count). The van der Waals surface area contributed by atoms with Crippen molar-refractivity contribution in [2.45, 2.75) is 25.1 Å². The molecule has 1 amide bonds. The predicted molar refractivity (Wildman–Crippen MR) is 76.8 cm³/mol. The maximum Gasteiger partial charge on any atom is 0.337 e. The summed E-state index contributed by atoms with van der Waals surface area (Å²) >= 11 is 0. The topological polar surface area (TPSA) is 76.7 Å². The molecule has 0 bridgehead atoms. The fraction of sp³-hybridized carbons (Fsp3) is 0.467. The first-order valence-corrected chi connectivity index (χ1v) is 6.85. The van der Waals surface area contributed by atoms with Gasteiger partial charge in [-0.25, -0.2) is 4.79 Å². The van der Waals surface area contributed by atoms with Gasteiger partial charge in [0, 0.05) is 20.2 Å². The molecule has 0 aliphatic carbocycles. The molecule has 1 fully saturated rings. The highest BCUT2D eigenvalue weighted by Crippen LogP contribution is 2.10. The van der Waals surface area contributed by atoms with Crippen molar-refractivity contribution in [1.29, 1.82) is 0 Å². The van der Waals surface area contributed by atoms with Crippen molar-refractivity contribution < 1.29 is 19.1 Å². The normalized spacial score (nSPS) is 21.0. The lowest BCUT2D eigenvalue weighted by molar-refractivity contribution is -0.123. The van der Waals surface area contributed by atoms with Crippen molar-refractivity contribution in [2.75, 3.05) is 20.8 Å². The number of esters is 1. The number of methoxy groups -OCH3 is 2. The standard InChI is InChI=1S/C15H20N2O4/c1-20-12-7-13(16-9-12)14(18)17-8-10-3-5-11(6-4-10)15(19)21-2/h3-6,12-13,16H,7-9H2,1-2H3,(H,17,18). The molecule has 114 valence electrons. The zero-order chi connectivity index (χ0) is 15.2. The second-order valence-corrected chi connectivity index (χ2v) is 4.96. The van der Waals surface area contributed by atoms with E-state index in [4.69, 9.17) is 4.74 Å². The Morgan fingerprint density at radius 2 is 2.00 bits per heavy atom. The first-order valence-electron chi connectivity index (χ1n) is 6.85. The van der Waals surface area contributed by atoms with Crippen molar-refractivity contribution in [3.63, 3.8) is 0 Å². The predicted octanol–water partition coefficient (Wildman–Crippen LogP) is 0.466. The highest BCUT2D eigenvalue weighted by atomic mass is 16.5. The molecule has 1 aliphatic heterocycles. The zero-order valence-corrected chi connectivity index (χ0v) is 12.2. The van der Waals surface area contributed by atoms with E-state index in [1.807, 2.05) is 0 Å². The summed E-state index contributed by atoms with van der Waals surface area (Å²) in [6.07, 6.45) is 0.781. The number of nitrogens with one attached hydrogen (secondary N) is 2. The van der Waals surface area contributed by atoms with E-state index in [9.17, 15) is 9.59 Å². The van der Waals surface area contributed by atoms with E-state index in [1.54, 1.807) is 31.4 Å². The number of carbonyl (C=O) groups is 2. The van der Waals surface area contributed by atoms with Gasteiger partial charge in [-0.1, -0.05) is 12.1 Å². The van der Waals surface area contributed by atoms with Crippen molar-refractivity contribution in [3.05, 3.63) is 35.4 Å². The van der Waals surface area contributed by atoms with Gasteiger partial charge in [0.25, 0.3) is 0 Å².